The quantitative estimate of drug-likeness (QED) is 0.918. The summed E-state index contributed by atoms with van der Waals surface area (Å²) in [6, 6.07) is 5.88. The number of aromatic nitrogens is 1. The fourth-order valence-corrected chi connectivity index (χ4v) is 4.26. The molecule has 0 radical (unpaired) electrons. The molecule has 2 heterocycles. The lowest BCUT2D eigenvalue weighted by molar-refractivity contribution is 0.242. The zero-order valence-electron chi connectivity index (χ0n) is 12.9. The molecule has 21 heavy (non-hydrogen) atoms. The van der Waals surface area contributed by atoms with Gasteiger partial charge in [0.15, 0.2) is 0 Å². The summed E-state index contributed by atoms with van der Waals surface area (Å²) in [7, 11) is 0. The predicted octanol–water partition coefficient (Wildman–Crippen LogP) is 3.49. The van der Waals surface area contributed by atoms with E-state index < -0.39 is 0 Å². The lowest BCUT2D eigenvalue weighted by atomic mass is 9.78. The summed E-state index contributed by atoms with van der Waals surface area (Å²) in [6.45, 7) is 2.19. The molecule has 3 aliphatic rings. The van der Waals surface area contributed by atoms with Crippen LogP contribution in [-0.4, -0.2) is 23.6 Å². The maximum absolute atomic E-state index is 4.78. The molecule has 3 fully saturated rings. The van der Waals surface area contributed by atoms with Gasteiger partial charge in [-0.05, 0) is 50.5 Å². The number of pyridine rings is 1. The van der Waals surface area contributed by atoms with Crippen molar-refractivity contribution in [2.75, 3.05) is 11.4 Å². The van der Waals surface area contributed by atoms with Gasteiger partial charge in [0, 0.05) is 36.9 Å². The molecule has 0 spiro atoms. The van der Waals surface area contributed by atoms with Gasteiger partial charge in [0.2, 0.25) is 0 Å². The van der Waals surface area contributed by atoms with Gasteiger partial charge >= 0.3 is 0 Å². The molecule has 1 saturated heterocycles. The van der Waals surface area contributed by atoms with Gasteiger partial charge in [0.25, 0.3) is 0 Å². The minimum Gasteiger partial charge on any atom is -0.353 e. The van der Waals surface area contributed by atoms with Crippen molar-refractivity contribution < 1.29 is 0 Å². The van der Waals surface area contributed by atoms with Gasteiger partial charge in [-0.2, -0.15) is 0 Å². The summed E-state index contributed by atoms with van der Waals surface area (Å²) in [5, 5.41) is 3.66. The van der Waals surface area contributed by atoms with E-state index in [0.29, 0.717) is 0 Å². The predicted molar refractivity (Wildman–Crippen MR) is 86.4 cm³/mol. The number of fused-ring (bicyclic) bond motifs is 1. The molecular formula is C18H27N3. The second kappa shape index (κ2) is 5.96. The van der Waals surface area contributed by atoms with Crippen LogP contribution in [0.2, 0.25) is 0 Å². The van der Waals surface area contributed by atoms with Gasteiger partial charge in [-0.1, -0.05) is 18.9 Å². The molecule has 0 unspecified atom stereocenters. The molecule has 1 aromatic rings. The molecule has 3 nitrogen and oxygen atoms in total. The zero-order valence-corrected chi connectivity index (χ0v) is 12.9. The molecular weight excluding hydrogens is 258 g/mol. The second-order valence-corrected chi connectivity index (χ2v) is 7.09. The fraction of sp³-hybridized carbons (Fsp3) is 0.722. The van der Waals surface area contributed by atoms with E-state index in [9.17, 15) is 0 Å². The zero-order chi connectivity index (χ0) is 14.1. The summed E-state index contributed by atoms with van der Waals surface area (Å²) in [6.07, 6.45) is 13.1. The van der Waals surface area contributed by atoms with Crippen LogP contribution in [0.3, 0.4) is 0 Å². The minimum atomic E-state index is 0.752. The van der Waals surface area contributed by atoms with Crippen molar-refractivity contribution in [3.63, 3.8) is 0 Å². The maximum atomic E-state index is 4.78. The van der Waals surface area contributed by atoms with Crippen molar-refractivity contribution in [1.82, 2.24) is 10.3 Å². The van der Waals surface area contributed by atoms with E-state index in [4.69, 9.17) is 4.98 Å². The maximum Gasteiger partial charge on any atom is 0.133 e. The van der Waals surface area contributed by atoms with Gasteiger partial charge in [-0.15, -0.1) is 0 Å². The van der Waals surface area contributed by atoms with Crippen molar-refractivity contribution >= 4 is 5.82 Å². The van der Waals surface area contributed by atoms with E-state index in [1.807, 2.05) is 6.20 Å². The van der Waals surface area contributed by atoms with Crippen LogP contribution in [0.25, 0.3) is 0 Å². The normalized spacial score (nSPS) is 29.2. The van der Waals surface area contributed by atoms with Crippen LogP contribution in [0.1, 0.15) is 56.9 Å². The fourth-order valence-electron chi connectivity index (χ4n) is 4.26. The van der Waals surface area contributed by atoms with E-state index in [2.05, 4.69) is 22.3 Å². The number of hydrogen-bond donors (Lipinski definition) is 1. The lowest BCUT2D eigenvalue weighted by Crippen LogP contribution is -2.47. The van der Waals surface area contributed by atoms with Crippen LogP contribution in [0.4, 0.5) is 5.82 Å². The van der Waals surface area contributed by atoms with Gasteiger partial charge in [0.05, 0.1) is 0 Å². The Kier molecular flexibility index (Phi) is 3.85. The van der Waals surface area contributed by atoms with E-state index in [0.717, 1.165) is 24.5 Å². The number of nitrogens with one attached hydrogen (secondary N) is 1. The van der Waals surface area contributed by atoms with Gasteiger partial charge in [0.1, 0.15) is 5.82 Å². The summed E-state index contributed by atoms with van der Waals surface area (Å²) >= 11 is 0. The third-order valence-electron chi connectivity index (χ3n) is 5.54. The average molecular weight is 285 g/mol. The smallest absolute Gasteiger partial charge is 0.133 e. The number of anilines is 1. The first-order chi connectivity index (χ1) is 10.4. The first-order valence-electron chi connectivity index (χ1n) is 8.86. The Hall–Kier alpha value is -1.09. The summed E-state index contributed by atoms with van der Waals surface area (Å²) in [4.78, 5) is 7.43. The summed E-state index contributed by atoms with van der Waals surface area (Å²) in [5.41, 5.74) is 1.40. The third-order valence-corrected chi connectivity index (χ3v) is 5.54. The largest absolute Gasteiger partial charge is 0.353 e. The molecule has 3 heteroatoms. The molecule has 0 bridgehead atoms. The van der Waals surface area contributed by atoms with E-state index in [1.54, 1.807) is 0 Å². The number of nitrogens with zero attached hydrogens (tertiary/aromatic N) is 2. The van der Waals surface area contributed by atoms with Crippen LogP contribution >= 0.6 is 0 Å². The molecule has 4 rings (SSSR count). The van der Waals surface area contributed by atoms with Crippen LogP contribution in [0.5, 0.6) is 0 Å². The number of piperidine rings is 1. The first kappa shape index (κ1) is 13.6. The molecule has 114 valence electrons. The van der Waals surface area contributed by atoms with E-state index >= 15 is 0 Å². The van der Waals surface area contributed by atoms with E-state index in [1.165, 1.54) is 69.3 Å². The van der Waals surface area contributed by atoms with Crippen LogP contribution < -0.4 is 10.2 Å². The second-order valence-electron chi connectivity index (χ2n) is 7.09. The lowest BCUT2D eigenvalue weighted by Gasteiger charge is -2.45. The topological polar surface area (TPSA) is 28.2 Å². The van der Waals surface area contributed by atoms with Crippen molar-refractivity contribution in [2.24, 2.45) is 5.92 Å². The van der Waals surface area contributed by atoms with Crippen molar-refractivity contribution in [3.05, 3.63) is 23.9 Å². The van der Waals surface area contributed by atoms with Crippen LogP contribution in [0.15, 0.2) is 18.3 Å². The number of hydrogen-bond acceptors (Lipinski definition) is 3. The number of rotatable bonds is 4. The Morgan fingerprint density at radius 2 is 1.95 bits per heavy atom. The first-order valence-corrected chi connectivity index (χ1v) is 8.86. The highest BCUT2D eigenvalue weighted by atomic mass is 15.2. The van der Waals surface area contributed by atoms with Crippen molar-refractivity contribution in [2.45, 2.75) is 70.0 Å². The Labute approximate surface area is 128 Å². The summed E-state index contributed by atoms with van der Waals surface area (Å²) in [5.74, 6) is 2.18. The Morgan fingerprint density at radius 1 is 1.10 bits per heavy atom. The molecule has 2 aliphatic carbocycles. The average Bonchev–Trinajstić information content (AvgIpc) is 3.37. The summed E-state index contributed by atoms with van der Waals surface area (Å²) < 4.78 is 0. The van der Waals surface area contributed by atoms with Gasteiger partial charge in [-0.3, -0.25) is 0 Å². The van der Waals surface area contributed by atoms with Gasteiger partial charge < -0.3 is 10.2 Å². The highest BCUT2D eigenvalue weighted by Gasteiger charge is 2.34. The Morgan fingerprint density at radius 3 is 2.86 bits per heavy atom. The SMILES string of the molecule is c1cnc(N2CCC[C@H]3CCCC[C@H]32)c(CNC2CC2)c1. The minimum absolute atomic E-state index is 0.752. The standard InChI is InChI=1S/C18H27N3/c1-2-8-17-14(5-1)7-4-12-21(17)18-15(6-3-11-19-18)13-20-16-9-10-16/h3,6,11,14,16-17,20H,1-2,4-5,7-10,12-13H2/t14-,17-/m1/s1. The van der Waals surface area contributed by atoms with Crippen molar-refractivity contribution in [3.8, 4) is 0 Å². The van der Waals surface area contributed by atoms with Crippen molar-refractivity contribution in [1.29, 1.82) is 0 Å². The molecule has 1 aliphatic heterocycles. The Balaban J connectivity index is 1.55. The highest BCUT2D eigenvalue weighted by molar-refractivity contribution is 5.48. The van der Waals surface area contributed by atoms with Gasteiger partial charge in [-0.25, -0.2) is 4.98 Å². The molecule has 2 saturated carbocycles. The molecule has 1 N–H and O–H groups in total. The molecule has 1 aromatic heterocycles. The van der Waals surface area contributed by atoms with Crippen LogP contribution in [-0.2, 0) is 6.54 Å². The van der Waals surface area contributed by atoms with Crippen LogP contribution in [0, 0.1) is 5.92 Å². The Bertz CT molecular complexity index is 481. The molecule has 2 atom stereocenters. The molecule has 0 aromatic carbocycles. The highest BCUT2D eigenvalue weighted by Crippen LogP contribution is 2.38. The van der Waals surface area contributed by atoms with E-state index in [-0.39, 0.29) is 0 Å². The monoisotopic (exact) mass is 285 g/mol. The molecule has 0 amide bonds. The third kappa shape index (κ3) is 2.94.